The van der Waals surface area contributed by atoms with Gasteiger partial charge in [0.15, 0.2) is 0 Å². The quantitative estimate of drug-likeness (QED) is 0.883. The Bertz CT molecular complexity index is 510. The van der Waals surface area contributed by atoms with Crippen LogP contribution in [0.2, 0.25) is 0 Å². The summed E-state index contributed by atoms with van der Waals surface area (Å²) in [7, 11) is 0. The SMILES string of the molecule is CCN1C(=O)c2ccccc2CC1(C)N1CCNCC1. The molecule has 1 amide bonds. The highest BCUT2D eigenvalue weighted by molar-refractivity contribution is 5.97. The molecule has 1 aromatic rings. The van der Waals surface area contributed by atoms with Crippen LogP contribution in [0.5, 0.6) is 0 Å². The smallest absolute Gasteiger partial charge is 0.255 e. The van der Waals surface area contributed by atoms with Gasteiger partial charge in [0, 0.05) is 44.7 Å². The van der Waals surface area contributed by atoms with Crippen molar-refractivity contribution in [3.63, 3.8) is 0 Å². The van der Waals surface area contributed by atoms with Crippen molar-refractivity contribution in [2.45, 2.75) is 25.9 Å². The van der Waals surface area contributed by atoms with Crippen LogP contribution in [0, 0.1) is 0 Å². The number of nitrogens with zero attached hydrogens (tertiary/aromatic N) is 2. The first-order valence-electron chi connectivity index (χ1n) is 7.52. The molecule has 108 valence electrons. The van der Waals surface area contributed by atoms with Gasteiger partial charge in [-0.05, 0) is 25.5 Å². The highest BCUT2D eigenvalue weighted by Crippen LogP contribution is 2.33. The maximum absolute atomic E-state index is 12.8. The number of nitrogens with one attached hydrogen (secondary N) is 1. The number of rotatable bonds is 2. The van der Waals surface area contributed by atoms with Crippen LogP contribution < -0.4 is 5.32 Å². The Kier molecular flexibility index (Phi) is 3.52. The van der Waals surface area contributed by atoms with E-state index in [4.69, 9.17) is 0 Å². The lowest BCUT2D eigenvalue weighted by Gasteiger charge is -2.52. The Morgan fingerprint density at radius 1 is 1.25 bits per heavy atom. The van der Waals surface area contributed by atoms with Crippen LogP contribution in [-0.4, -0.2) is 54.1 Å². The number of benzene rings is 1. The summed E-state index contributed by atoms with van der Waals surface area (Å²) in [5, 5.41) is 3.39. The van der Waals surface area contributed by atoms with Crippen molar-refractivity contribution in [2.24, 2.45) is 0 Å². The van der Waals surface area contributed by atoms with Crippen molar-refractivity contribution in [3.05, 3.63) is 35.4 Å². The van der Waals surface area contributed by atoms with Crippen molar-refractivity contribution in [3.8, 4) is 0 Å². The second-order valence-electron chi connectivity index (χ2n) is 5.84. The van der Waals surface area contributed by atoms with Crippen LogP contribution >= 0.6 is 0 Å². The third-order valence-electron chi connectivity index (χ3n) is 4.71. The summed E-state index contributed by atoms with van der Waals surface area (Å²) in [5.41, 5.74) is 1.87. The summed E-state index contributed by atoms with van der Waals surface area (Å²) in [6, 6.07) is 8.04. The molecular formula is C16H23N3O. The first kappa shape index (κ1) is 13.6. The molecule has 4 nitrogen and oxygen atoms in total. The molecule has 2 aliphatic rings. The zero-order valence-electron chi connectivity index (χ0n) is 12.4. The van der Waals surface area contributed by atoms with Gasteiger partial charge in [-0.25, -0.2) is 0 Å². The van der Waals surface area contributed by atoms with Crippen LogP contribution in [0.3, 0.4) is 0 Å². The molecular weight excluding hydrogens is 250 g/mol. The third kappa shape index (κ3) is 2.03. The minimum absolute atomic E-state index is 0.176. The lowest BCUT2D eigenvalue weighted by Crippen LogP contribution is -2.67. The molecule has 1 N–H and O–H groups in total. The maximum Gasteiger partial charge on any atom is 0.255 e. The van der Waals surface area contributed by atoms with E-state index in [1.807, 2.05) is 23.1 Å². The highest BCUT2D eigenvalue weighted by Gasteiger charge is 2.44. The molecule has 0 bridgehead atoms. The highest BCUT2D eigenvalue weighted by atomic mass is 16.2. The van der Waals surface area contributed by atoms with Crippen LogP contribution in [0.1, 0.15) is 29.8 Å². The average molecular weight is 273 g/mol. The van der Waals surface area contributed by atoms with E-state index in [0.29, 0.717) is 0 Å². The van der Waals surface area contributed by atoms with Crippen LogP contribution in [0.4, 0.5) is 0 Å². The van der Waals surface area contributed by atoms with E-state index in [0.717, 1.165) is 44.7 Å². The molecule has 0 aliphatic carbocycles. The van der Waals surface area contributed by atoms with E-state index >= 15 is 0 Å². The molecule has 1 unspecified atom stereocenters. The van der Waals surface area contributed by atoms with Gasteiger partial charge in [0.1, 0.15) is 0 Å². The maximum atomic E-state index is 12.8. The fourth-order valence-corrected chi connectivity index (χ4v) is 3.62. The molecule has 2 heterocycles. The summed E-state index contributed by atoms with van der Waals surface area (Å²) < 4.78 is 0. The summed E-state index contributed by atoms with van der Waals surface area (Å²) in [6.07, 6.45) is 0.919. The Hall–Kier alpha value is -1.39. The first-order valence-corrected chi connectivity index (χ1v) is 7.52. The second-order valence-corrected chi connectivity index (χ2v) is 5.84. The lowest BCUT2D eigenvalue weighted by atomic mass is 9.88. The van der Waals surface area contributed by atoms with Gasteiger partial charge < -0.3 is 10.2 Å². The number of likely N-dealkylation sites (N-methyl/N-ethyl adjacent to an activating group) is 1. The predicted octanol–water partition coefficient (Wildman–Crippen LogP) is 1.33. The molecule has 2 aliphatic heterocycles. The van der Waals surface area contributed by atoms with E-state index in [-0.39, 0.29) is 11.6 Å². The lowest BCUT2D eigenvalue weighted by molar-refractivity contribution is -0.0397. The van der Waals surface area contributed by atoms with Gasteiger partial charge in [0.2, 0.25) is 0 Å². The van der Waals surface area contributed by atoms with Gasteiger partial charge in [0.05, 0.1) is 5.66 Å². The monoisotopic (exact) mass is 273 g/mol. The molecule has 4 heteroatoms. The van der Waals surface area contributed by atoms with Crippen LogP contribution in [0.25, 0.3) is 0 Å². The summed E-state index contributed by atoms with van der Waals surface area (Å²) in [5.74, 6) is 0.176. The Balaban J connectivity index is 2.00. The number of amides is 1. The number of hydrogen-bond donors (Lipinski definition) is 1. The molecule has 1 aromatic carbocycles. The van der Waals surface area contributed by atoms with Crippen molar-refractivity contribution in [1.82, 2.24) is 15.1 Å². The standard InChI is InChI=1S/C16H23N3O/c1-3-19-15(20)14-7-5-4-6-13(14)12-16(19,2)18-10-8-17-9-11-18/h4-7,17H,3,8-12H2,1-2H3. The molecule has 0 spiro atoms. The zero-order chi connectivity index (χ0) is 14.2. The number of piperazine rings is 1. The van der Waals surface area contributed by atoms with Crippen molar-refractivity contribution in [2.75, 3.05) is 32.7 Å². The van der Waals surface area contributed by atoms with E-state index in [1.165, 1.54) is 5.56 Å². The van der Waals surface area contributed by atoms with Gasteiger partial charge in [-0.1, -0.05) is 18.2 Å². The van der Waals surface area contributed by atoms with E-state index < -0.39 is 0 Å². The van der Waals surface area contributed by atoms with E-state index in [1.54, 1.807) is 0 Å². The van der Waals surface area contributed by atoms with Gasteiger partial charge in [-0.15, -0.1) is 0 Å². The molecule has 20 heavy (non-hydrogen) atoms. The minimum Gasteiger partial charge on any atom is -0.320 e. The fraction of sp³-hybridized carbons (Fsp3) is 0.562. The van der Waals surface area contributed by atoms with Gasteiger partial charge in [0.25, 0.3) is 5.91 Å². The summed E-state index contributed by atoms with van der Waals surface area (Å²) in [4.78, 5) is 17.3. The molecule has 0 radical (unpaired) electrons. The van der Waals surface area contributed by atoms with E-state index in [2.05, 4.69) is 30.1 Å². The Labute approximate surface area is 120 Å². The molecule has 1 saturated heterocycles. The molecule has 1 fully saturated rings. The zero-order valence-corrected chi connectivity index (χ0v) is 12.4. The minimum atomic E-state index is -0.192. The van der Waals surface area contributed by atoms with Crippen LogP contribution in [0.15, 0.2) is 24.3 Å². The predicted molar refractivity (Wildman–Crippen MR) is 79.7 cm³/mol. The number of hydrogen-bond acceptors (Lipinski definition) is 3. The molecule has 1 atom stereocenters. The molecule has 0 saturated carbocycles. The number of carbonyl (C=O) groups is 1. The van der Waals surface area contributed by atoms with Crippen molar-refractivity contribution < 1.29 is 4.79 Å². The normalized spacial score (nSPS) is 27.5. The van der Waals surface area contributed by atoms with Crippen molar-refractivity contribution >= 4 is 5.91 Å². The summed E-state index contributed by atoms with van der Waals surface area (Å²) in [6.45, 7) is 9.06. The second kappa shape index (κ2) is 5.19. The molecule has 3 rings (SSSR count). The van der Waals surface area contributed by atoms with E-state index in [9.17, 15) is 4.79 Å². The largest absolute Gasteiger partial charge is 0.320 e. The Morgan fingerprint density at radius 3 is 2.65 bits per heavy atom. The van der Waals surface area contributed by atoms with Gasteiger partial charge in [-0.2, -0.15) is 0 Å². The number of fused-ring (bicyclic) bond motifs is 1. The number of carbonyl (C=O) groups excluding carboxylic acids is 1. The van der Waals surface area contributed by atoms with Gasteiger partial charge >= 0.3 is 0 Å². The third-order valence-corrected chi connectivity index (χ3v) is 4.71. The Morgan fingerprint density at radius 2 is 1.95 bits per heavy atom. The van der Waals surface area contributed by atoms with Crippen LogP contribution in [-0.2, 0) is 6.42 Å². The summed E-state index contributed by atoms with van der Waals surface area (Å²) >= 11 is 0. The topological polar surface area (TPSA) is 35.6 Å². The van der Waals surface area contributed by atoms with Crippen molar-refractivity contribution in [1.29, 1.82) is 0 Å². The first-order chi connectivity index (χ1) is 9.66. The van der Waals surface area contributed by atoms with Gasteiger partial charge in [-0.3, -0.25) is 9.69 Å². The molecule has 0 aromatic heterocycles. The average Bonchev–Trinajstić information content (AvgIpc) is 2.48. The fourth-order valence-electron chi connectivity index (χ4n) is 3.62.